The average Bonchev–Trinajstić information content (AvgIpc) is 3.93. The first-order valence-electron chi connectivity index (χ1n) is 18.3. The third-order valence-corrected chi connectivity index (χ3v) is 10.8. The van der Waals surface area contributed by atoms with E-state index in [4.69, 9.17) is 19.7 Å². The van der Waals surface area contributed by atoms with Crippen molar-refractivity contribution < 1.29 is 25.8 Å². The molecular weight excluding hydrogens is 870 g/mol. The fourth-order valence-electron chi connectivity index (χ4n) is 8.48. The number of imidazole rings is 1. The van der Waals surface area contributed by atoms with Gasteiger partial charge in [0.2, 0.25) is 0 Å². The molecule has 0 amide bonds. The van der Waals surface area contributed by atoms with Gasteiger partial charge >= 0.3 is 21.1 Å². The number of fused-ring (bicyclic) bond motifs is 12. The van der Waals surface area contributed by atoms with Crippen LogP contribution < -0.4 is 4.74 Å². The van der Waals surface area contributed by atoms with Crippen molar-refractivity contribution in [3.8, 4) is 45.1 Å². The van der Waals surface area contributed by atoms with Crippen molar-refractivity contribution in [2.45, 2.75) is 0 Å². The van der Waals surface area contributed by atoms with E-state index >= 15 is 0 Å². The van der Waals surface area contributed by atoms with Crippen LogP contribution in [0.3, 0.4) is 0 Å². The topological polar surface area (TPSA) is 56.7 Å². The smallest absolute Gasteiger partial charge is 0.503 e. The average molecular weight is 897 g/mol. The summed E-state index contributed by atoms with van der Waals surface area (Å²) < 4.78 is 11.1. The minimum absolute atomic E-state index is 0. The molecule has 0 aliphatic rings. The quantitative estimate of drug-likeness (QED) is 0.128. The Bertz CT molecular complexity index is 3450. The van der Waals surface area contributed by atoms with E-state index < -0.39 is 0 Å². The van der Waals surface area contributed by atoms with Crippen molar-refractivity contribution in [2.75, 3.05) is 0 Å². The summed E-state index contributed by atoms with van der Waals surface area (Å²) in [6.45, 7) is 0. The van der Waals surface area contributed by atoms with Gasteiger partial charge in [0.1, 0.15) is 5.65 Å². The molecule has 0 aliphatic heterocycles. The van der Waals surface area contributed by atoms with Gasteiger partial charge in [0.15, 0.2) is 0 Å². The molecule has 6 aromatic carbocycles. The standard InChI is InChI=1S/C49H27N5O.Pt/c1-4-12-30(13-5-1)35-25-27-51-49-43(35)39-19-10-18-38-36-23-21-34(29-42(36)54(49)47(38)39)55-33-22-24-37-40(28-33)48-52-44(31-14-6-2-7-15-31)46(32-16-8-3-9-17-32)53(48)41-20-11-26-50-45(37)41;/h1-27H;/q-2;+2. The molecular formula is C49H27N5OPt. The first-order chi connectivity index (χ1) is 27.3. The van der Waals surface area contributed by atoms with E-state index in [-0.39, 0.29) is 21.1 Å². The Morgan fingerprint density at radius 1 is 0.500 bits per heavy atom. The first-order valence-corrected chi connectivity index (χ1v) is 18.3. The summed E-state index contributed by atoms with van der Waals surface area (Å²) in [4.78, 5) is 15.2. The summed E-state index contributed by atoms with van der Waals surface area (Å²) in [5, 5.41) is 6.34. The number of pyridine rings is 3. The molecule has 6 nitrogen and oxygen atoms in total. The van der Waals surface area contributed by atoms with E-state index in [1.807, 2.05) is 48.8 Å². The molecule has 0 saturated carbocycles. The van der Waals surface area contributed by atoms with E-state index in [0.717, 1.165) is 93.9 Å². The van der Waals surface area contributed by atoms with Crippen molar-refractivity contribution in [1.29, 1.82) is 0 Å². The molecule has 0 bridgehead atoms. The van der Waals surface area contributed by atoms with Crippen LogP contribution in [0.1, 0.15) is 0 Å². The van der Waals surface area contributed by atoms with E-state index in [0.29, 0.717) is 11.5 Å². The van der Waals surface area contributed by atoms with Crippen LogP contribution in [-0.2, 0) is 21.1 Å². The molecule has 0 atom stereocenters. The van der Waals surface area contributed by atoms with Gasteiger partial charge in [0, 0.05) is 45.7 Å². The number of rotatable bonds is 5. The van der Waals surface area contributed by atoms with Gasteiger partial charge in [-0.25, -0.2) is 4.98 Å². The second-order valence-corrected chi connectivity index (χ2v) is 13.8. The fourth-order valence-corrected chi connectivity index (χ4v) is 8.48. The van der Waals surface area contributed by atoms with Crippen molar-refractivity contribution in [2.24, 2.45) is 0 Å². The van der Waals surface area contributed by atoms with Crippen LogP contribution in [0.2, 0.25) is 0 Å². The van der Waals surface area contributed by atoms with Gasteiger partial charge in [-0.2, -0.15) is 6.07 Å². The molecule has 0 saturated heterocycles. The van der Waals surface area contributed by atoms with Gasteiger partial charge in [-0.1, -0.05) is 138 Å². The normalized spacial score (nSPS) is 11.8. The third kappa shape index (κ3) is 4.69. The number of benzene rings is 6. The number of para-hydroxylation sites is 1. The van der Waals surface area contributed by atoms with Gasteiger partial charge < -0.3 is 13.5 Å². The Morgan fingerprint density at radius 3 is 1.98 bits per heavy atom. The maximum atomic E-state index is 6.65. The van der Waals surface area contributed by atoms with Crippen LogP contribution in [0.4, 0.5) is 0 Å². The van der Waals surface area contributed by atoms with Gasteiger partial charge in [0.25, 0.3) is 0 Å². The molecule has 0 fully saturated rings. The summed E-state index contributed by atoms with van der Waals surface area (Å²) in [6.07, 6.45) is 3.74. The minimum Gasteiger partial charge on any atom is -0.503 e. The first kappa shape index (κ1) is 32.5. The maximum absolute atomic E-state index is 6.65. The van der Waals surface area contributed by atoms with Crippen molar-refractivity contribution in [3.63, 3.8) is 0 Å². The molecule has 6 aromatic heterocycles. The molecule has 0 radical (unpaired) electrons. The summed E-state index contributed by atoms with van der Waals surface area (Å²) in [5.41, 5.74) is 11.9. The summed E-state index contributed by atoms with van der Waals surface area (Å²) >= 11 is 0. The zero-order valence-electron chi connectivity index (χ0n) is 29.5. The Balaban J connectivity index is 0.00000363. The Morgan fingerprint density at radius 2 is 1.20 bits per heavy atom. The maximum Gasteiger partial charge on any atom is 2.00 e. The molecule has 0 aliphatic carbocycles. The fraction of sp³-hybridized carbons (Fsp3) is 0. The summed E-state index contributed by atoms with van der Waals surface area (Å²) in [7, 11) is 0. The van der Waals surface area contributed by atoms with Crippen LogP contribution in [-0.4, -0.2) is 23.8 Å². The zero-order chi connectivity index (χ0) is 36.0. The van der Waals surface area contributed by atoms with Crippen LogP contribution in [0.25, 0.3) is 99.3 Å². The zero-order valence-corrected chi connectivity index (χ0v) is 31.8. The molecule has 6 heterocycles. The predicted octanol–water partition coefficient (Wildman–Crippen LogP) is 12.0. The molecule has 0 spiro atoms. The van der Waals surface area contributed by atoms with Crippen molar-refractivity contribution >= 4 is 65.7 Å². The molecule has 12 aromatic rings. The second kappa shape index (κ2) is 12.6. The van der Waals surface area contributed by atoms with E-state index in [1.54, 1.807) is 0 Å². The Labute approximate surface area is 334 Å². The Hall–Kier alpha value is -6.88. The van der Waals surface area contributed by atoms with E-state index in [1.165, 1.54) is 5.39 Å². The van der Waals surface area contributed by atoms with Crippen LogP contribution >= 0.6 is 0 Å². The molecule has 0 unspecified atom stereocenters. The van der Waals surface area contributed by atoms with E-state index in [9.17, 15) is 0 Å². The number of hydrogen-bond donors (Lipinski definition) is 0. The monoisotopic (exact) mass is 896 g/mol. The van der Waals surface area contributed by atoms with Crippen LogP contribution in [0.15, 0.2) is 164 Å². The number of ether oxygens (including phenoxy) is 1. The Kier molecular flexibility index (Phi) is 7.32. The van der Waals surface area contributed by atoms with Crippen LogP contribution in [0.5, 0.6) is 11.5 Å². The predicted molar refractivity (Wildman–Crippen MR) is 221 cm³/mol. The summed E-state index contributed by atoms with van der Waals surface area (Å²) in [5.74, 6) is 1.15. The van der Waals surface area contributed by atoms with E-state index in [2.05, 4.69) is 136 Å². The summed E-state index contributed by atoms with van der Waals surface area (Å²) in [6, 6.07) is 59.4. The largest absolute Gasteiger partial charge is 2.00 e. The molecule has 56 heavy (non-hydrogen) atoms. The van der Waals surface area contributed by atoms with Crippen molar-refractivity contribution in [3.05, 3.63) is 176 Å². The number of hydrogen-bond acceptors (Lipinski definition) is 4. The minimum atomic E-state index is 0. The molecule has 264 valence electrons. The SMILES string of the molecule is [Pt+2].[c-]1c(Oc2[c-]c3c(cc2)c2cccc4c5c(-c6ccccc6)ccnc5n3c24)ccc2c1c1nc(-c3ccccc3)c(-c3ccccc3)n1c1cccnc21. The van der Waals surface area contributed by atoms with Gasteiger partial charge in [-0.3, -0.25) is 9.97 Å². The molecule has 7 heteroatoms. The number of nitrogens with zero attached hydrogens (tertiary/aromatic N) is 5. The van der Waals surface area contributed by atoms with Crippen molar-refractivity contribution in [1.82, 2.24) is 23.8 Å². The third-order valence-electron chi connectivity index (χ3n) is 10.8. The molecule has 0 N–H and O–H groups in total. The van der Waals surface area contributed by atoms with Crippen LogP contribution in [0, 0.1) is 12.1 Å². The number of aromatic nitrogens is 5. The van der Waals surface area contributed by atoms with Gasteiger partial charge in [-0.05, 0) is 40.3 Å². The van der Waals surface area contributed by atoms with Gasteiger partial charge in [0.05, 0.1) is 28.1 Å². The van der Waals surface area contributed by atoms with Gasteiger partial charge in [-0.15, -0.1) is 23.6 Å². The second-order valence-electron chi connectivity index (χ2n) is 13.8. The molecule has 12 rings (SSSR count).